The van der Waals surface area contributed by atoms with Gasteiger partial charge in [-0.2, -0.15) is 0 Å². The normalized spacial score (nSPS) is 11.2. The summed E-state index contributed by atoms with van der Waals surface area (Å²) in [5.41, 5.74) is 2.18. The molecule has 0 amide bonds. The van der Waals surface area contributed by atoms with E-state index in [9.17, 15) is 0 Å². The van der Waals surface area contributed by atoms with Crippen molar-refractivity contribution in [3.8, 4) is 11.6 Å². The molecule has 0 bridgehead atoms. The van der Waals surface area contributed by atoms with E-state index >= 15 is 0 Å². The minimum Gasteiger partial charge on any atom is -0.497 e. The molecule has 1 heterocycles. The first-order valence-corrected chi connectivity index (χ1v) is 9.47. The summed E-state index contributed by atoms with van der Waals surface area (Å²) < 4.78 is 15.9. The summed E-state index contributed by atoms with van der Waals surface area (Å²) in [5, 5.41) is 6.63. The van der Waals surface area contributed by atoms with Crippen LogP contribution in [0.4, 0.5) is 0 Å². The molecule has 0 radical (unpaired) electrons. The van der Waals surface area contributed by atoms with Crippen molar-refractivity contribution in [1.82, 2.24) is 15.6 Å². The Morgan fingerprint density at radius 1 is 1.07 bits per heavy atom. The Bertz CT molecular complexity index is 720. The van der Waals surface area contributed by atoms with Gasteiger partial charge in [-0.25, -0.2) is 9.98 Å². The number of guanidine groups is 1. The molecule has 1 aromatic heterocycles. The van der Waals surface area contributed by atoms with Gasteiger partial charge in [0, 0.05) is 32.0 Å². The summed E-state index contributed by atoms with van der Waals surface area (Å²) in [7, 11) is 3.32. The average molecular weight is 386 g/mol. The molecule has 0 aliphatic heterocycles. The molecule has 2 aromatic rings. The van der Waals surface area contributed by atoms with Crippen molar-refractivity contribution in [2.45, 2.75) is 19.9 Å². The van der Waals surface area contributed by atoms with Crippen LogP contribution < -0.4 is 20.1 Å². The van der Waals surface area contributed by atoms with Crippen LogP contribution in [0.1, 0.15) is 18.1 Å². The van der Waals surface area contributed by atoms with Crippen molar-refractivity contribution in [2.24, 2.45) is 4.99 Å². The van der Waals surface area contributed by atoms with Gasteiger partial charge in [0.15, 0.2) is 5.96 Å². The van der Waals surface area contributed by atoms with E-state index in [4.69, 9.17) is 14.2 Å². The van der Waals surface area contributed by atoms with Crippen LogP contribution in [0.5, 0.6) is 11.6 Å². The van der Waals surface area contributed by atoms with Gasteiger partial charge in [-0.15, -0.1) is 0 Å². The van der Waals surface area contributed by atoms with Crippen molar-refractivity contribution in [2.75, 3.05) is 40.5 Å². The molecule has 0 unspecified atom stereocenters. The first kappa shape index (κ1) is 21.5. The van der Waals surface area contributed by atoms with Gasteiger partial charge in [-0.05, 0) is 37.1 Å². The number of aliphatic imine (C=N–C) groups is 1. The molecule has 7 nitrogen and oxygen atoms in total. The van der Waals surface area contributed by atoms with E-state index in [1.54, 1.807) is 20.4 Å². The fourth-order valence-corrected chi connectivity index (χ4v) is 2.52. The van der Waals surface area contributed by atoms with E-state index in [-0.39, 0.29) is 0 Å². The molecule has 0 fully saturated rings. The van der Waals surface area contributed by atoms with Crippen molar-refractivity contribution in [3.05, 3.63) is 53.7 Å². The molecule has 0 spiro atoms. The zero-order chi connectivity index (χ0) is 20.0. The quantitative estimate of drug-likeness (QED) is 0.351. The Morgan fingerprint density at radius 3 is 2.61 bits per heavy atom. The molecule has 2 rings (SSSR count). The molecule has 0 saturated heterocycles. The molecule has 2 N–H and O–H groups in total. The van der Waals surface area contributed by atoms with Crippen LogP contribution in [0.2, 0.25) is 0 Å². The van der Waals surface area contributed by atoms with E-state index in [2.05, 4.69) is 32.7 Å². The third-order valence-electron chi connectivity index (χ3n) is 3.99. The number of nitrogens with one attached hydrogen (secondary N) is 2. The van der Waals surface area contributed by atoms with Crippen LogP contribution in [0.25, 0.3) is 0 Å². The Balaban J connectivity index is 1.90. The summed E-state index contributed by atoms with van der Waals surface area (Å²) in [5.74, 6) is 2.23. The molecule has 0 aliphatic carbocycles. The summed E-state index contributed by atoms with van der Waals surface area (Å²) >= 11 is 0. The van der Waals surface area contributed by atoms with Gasteiger partial charge in [0.25, 0.3) is 0 Å². The molecule has 0 saturated carbocycles. The number of pyridine rings is 1. The van der Waals surface area contributed by atoms with Crippen molar-refractivity contribution in [3.63, 3.8) is 0 Å². The molecule has 152 valence electrons. The molecular formula is C21H30N4O3. The van der Waals surface area contributed by atoms with E-state index in [0.717, 1.165) is 36.8 Å². The van der Waals surface area contributed by atoms with E-state index < -0.39 is 0 Å². The number of ether oxygens (including phenoxy) is 3. The van der Waals surface area contributed by atoms with E-state index in [0.29, 0.717) is 25.6 Å². The number of hydrogen-bond donors (Lipinski definition) is 2. The maximum absolute atomic E-state index is 5.67. The van der Waals surface area contributed by atoms with Gasteiger partial charge in [0.05, 0.1) is 20.3 Å². The average Bonchev–Trinajstić information content (AvgIpc) is 2.73. The third kappa shape index (κ3) is 7.44. The summed E-state index contributed by atoms with van der Waals surface area (Å²) in [6.45, 7) is 5.08. The highest BCUT2D eigenvalue weighted by Gasteiger charge is 2.05. The van der Waals surface area contributed by atoms with Crippen LogP contribution in [0.3, 0.4) is 0 Å². The van der Waals surface area contributed by atoms with Crippen LogP contribution in [-0.4, -0.2) is 51.5 Å². The minimum absolute atomic E-state index is 0.463. The van der Waals surface area contributed by atoms with Gasteiger partial charge < -0.3 is 24.8 Å². The monoisotopic (exact) mass is 386 g/mol. The number of benzene rings is 1. The van der Waals surface area contributed by atoms with Gasteiger partial charge in [0.2, 0.25) is 5.88 Å². The standard InChI is InChI=1S/C21H30N4O3/c1-4-22-21(24-13-11-17-7-9-19(27-3)10-8-17)25-16-18-6-5-12-23-20(18)28-15-14-26-2/h5-10,12H,4,11,13-16H2,1-3H3,(H2,22,24,25). The second-order valence-electron chi connectivity index (χ2n) is 6.03. The smallest absolute Gasteiger partial charge is 0.218 e. The third-order valence-corrected chi connectivity index (χ3v) is 3.99. The van der Waals surface area contributed by atoms with Crippen molar-refractivity contribution in [1.29, 1.82) is 0 Å². The molecule has 0 aliphatic rings. The summed E-state index contributed by atoms with van der Waals surface area (Å²) in [6.07, 6.45) is 2.61. The van der Waals surface area contributed by atoms with Gasteiger partial charge in [0.1, 0.15) is 12.4 Å². The zero-order valence-corrected chi connectivity index (χ0v) is 16.9. The first-order chi connectivity index (χ1) is 13.8. The van der Waals surface area contributed by atoms with Gasteiger partial charge in [-0.3, -0.25) is 0 Å². The van der Waals surface area contributed by atoms with Crippen molar-refractivity contribution >= 4 is 5.96 Å². The van der Waals surface area contributed by atoms with Gasteiger partial charge >= 0.3 is 0 Å². The highest BCUT2D eigenvalue weighted by atomic mass is 16.5. The predicted octanol–water partition coefficient (Wildman–Crippen LogP) is 2.41. The topological polar surface area (TPSA) is 77.0 Å². The maximum Gasteiger partial charge on any atom is 0.218 e. The summed E-state index contributed by atoms with van der Waals surface area (Å²) in [4.78, 5) is 8.95. The highest BCUT2D eigenvalue weighted by molar-refractivity contribution is 5.79. The fourth-order valence-electron chi connectivity index (χ4n) is 2.52. The van der Waals surface area contributed by atoms with Crippen LogP contribution in [0, 0.1) is 0 Å². The molecular weight excluding hydrogens is 356 g/mol. The van der Waals surface area contributed by atoms with Crippen LogP contribution >= 0.6 is 0 Å². The number of nitrogens with zero attached hydrogens (tertiary/aromatic N) is 2. The Kier molecular flexibility index (Phi) is 9.65. The second-order valence-corrected chi connectivity index (χ2v) is 6.03. The van der Waals surface area contributed by atoms with Crippen LogP contribution in [0.15, 0.2) is 47.6 Å². The molecule has 1 aromatic carbocycles. The number of rotatable bonds is 11. The van der Waals surface area contributed by atoms with Crippen molar-refractivity contribution < 1.29 is 14.2 Å². The second kappa shape index (κ2) is 12.6. The zero-order valence-electron chi connectivity index (χ0n) is 16.9. The Labute approximate surface area is 167 Å². The number of aromatic nitrogens is 1. The molecule has 28 heavy (non-hydrogen) atoms. The number of hydrogen-bond acceptors (Lipinski definition) is 5. The largest absolute Gasteiger partial charge is 0.497 e. The first-order valence-electron chi connectivity index (χ1n) is 9.47. The lowest BCUT2D eigenvalue weighted by atomic mass is 10.1. The van der Waals surface area contributed by atoms with Gasteiger partial charge in [-0.1, -0.05) is 18.2 Å². The van der Waals surface area contributed by atoms with E-state index in [1.165, 1.54) is 5.56 Å². The molecule has 7 heteroatoms. The van der Waals surface area contributed by atoms with Crippen LogP contribution in [-0.2, 0) is 17.7 Å². The number of methoxy groups -OCH3 is 2. The molecule has 0 atom stereocenters. The Hall–Kier alpha value is -2.80. The predicted molar refractivity (Wildman–Crippen MR) is 111 cm³/mol. The lowest BCUT2D eigenvalue weighted by Gasteiger charge is -2.12. The SMILES string of the molecule is CCNC(=NCc1cccnc1OCCOC)NCCc1ccc(OC)cc1. The lowest BCUT2D eigenvalue weighted by molar-refractivity contribution is 0.143. The minimum atomic E-state index is 0.463. The van der Waals surface area contributed by atoms with E-state index in [1.807, 2.05) is 31.2 Å². The summed E-state index contributed by atoms with van der Waals surface area (Å²) in [6, 6.07) is 12.0. The lowest BCUT2D eigenvalue weighted by Crippen LogP contribution is -2.38. The fraction of sp³-hybridized carbons (Fsp3) is 0.429. The maximum atomic E-state index is 5.67. The highest BCUT2D eigenvalue weighted by Crippen LogP contribution is 2.15. The Morgan fingerprint density at radius 2 is 1.89 bits per heavy atom.